The molecule has 0 aliphatic carbocycles. The number of aryl methyl sites for hydroxylation is 2. The van der Waals surface area contributed by atoms with Crippen LogP contribution in [0.3, 0.4) is 0 Å². The molecule has 1 atom stereocenters. The number of nitrogens with zero attached hydrogens (tertiary/aromatic N) is 3. The Morgan fingerprint density at radius 2 is 1.84 bits per heavy atom. The zero-order valence-corrected chi connectivity index (χ0v) is 19.5. The van der Waals surface area contributed by atoms with E-state index in [1.807, 2.05) is 49.9 Å². The number of likely N-dealkylation sites (N-methyl/N-ethyl adjacent to an activating group) is 1. The van der Waals surface area contributed by atoms with Crippen LogP contribution >= 0.6 is 12.2 Å². The summed E-state index contributed by atoms with van der Waals surface area (Å²) >= 11 is 5.38. The Kier molecular flexibility index (Phi) is 7.76. The fourth-order valence-electron chi connectivity index (χ4n) is 3.53. The summed E-state index contributed by atoms with van der Waals surface area (Å²) in [7, 11) is 4.06. The minimum absolute atomic E-state index is 0.00464. The Labute approximate surface area is 189 Å². The summed E-state index contributed by atoms with van der Waals surface area (Å²) in [6, 6.07) is 16.8. The quantitative estimate of drug-likeness (QED) is 0.490. The van der Waals surface area contributed by atoms with E-state index < -0.39 is 0 Å². The number of aromatic nitrogens is 3. The van der Waals surface area contributed by atoms with Gasteiger partial charge in [0.1, 0.15) is 0 Å². The molecule has 1 aromatic heterocycles. The second-order valence-corrected chi connectivity index (χ2v) is 8.39. The lowest BCUT2D eigenvalue weighted by atomic mass is 10.0. The molecule has 1 unspecified atom stereocenters. The summed E-state index contributed by atoms with van der Waals surface area (Å²) in [4.78, 5) is 14.7. The van der Waals surface area contributed by atoms with E-state index in [2.05, 4.69) is 51.6 Å². The number of hydrogen-bond acceptors (Lipinski definition) is 4. The Morgan fingerprint density at radius 1 is 1.16 bits per heavy atom. The van der Waals surface area contributed by atoms with Gasteiger partial charge in [-0.15, -0.1) is 0 Å². The molecule has 0 spiro atoms. The first-order chi connectivity index (χ1) is 14.9. The molecule has 3 aromatic rings. The van der Waals surface area contributed by atoms with Crippen LogP contribution in [0.15, 0.2) is 48.5 Å². The van der Waals surface area contributed by atoms with Crippen LogP contribution in [0.2, 0.25) is 0 Å². The van der Waals surface area contributed by atoms with Crippen LogP contribution in [0.25, 0.3) is 11.4 Å². The van der Waals surface area contributed by atoms with Crippen LogP contribution in [-0.4, -0.2) is 46.2 Å². The molecule has 6 nitrogen and oxygen atoms in total. The van der Waals surface area contributed by atoms with Crippen molar-refractivity contribution in [3.05, 3.63) is 70.0 Å². The van der Waals surface area contributed by atoms with Crippen molar-refractivity contribution in [1.82, 2.24) is 25.0 Å². The third-order valence-electron chi connectivity index (χ3n) is 5.52. The van der Waals surface area contributed by atoms with E-state index in [1.54, 1.807) is 0 Å². The van der Waals surface area contributed by atoms with Gasteiger partial charge >= 0.3 is 0 Å². The summed E-state index contributed by atoms with van der Waals surface area (Å²) in [5.74, 6) is 0.745. The standard InChI is InChI=1S/C24H31N5OS/c1-5-18-8-12-19(13-9-18)21(28(3)4)16-25-22(30)14-15-29-23(26-27-24(29)31)20-10-6-17(2)7-11-20/h6-13,21H,5,14-16H2,1-4H3,(H,25,30)(H,27,31). The topological polar surface area (TPSA) is 66.0 Å². The van der Waals surface area contributed by atoms with Gasteiger partial charge in [0.25, 0.3) is 0 Å². The number of aromatic amines is 1. The number of nitrogens with one attached hydrogen (secondary N) is 2. The molecule has 0 saturated heterocycles. The molecule has 164 valence electrons. The van der Waals surface area contributed by atoms with Crippen molar-refractivity contribution in [1.29, 1.82) is 0 Å². The maximum absolute atomic E-state index is 12.6. The van der Waals surface area contributed by atoms with Gasteiger partial charge in [0.05, 0.1) is 6.04 Å². The third-order valence-corrected chi connectivity index (χ3v) is 5.83. The van der Waals surface area contributed by atoms with Crippen molar-refractivity contribution in [2.24, 2.45) is 0 Å². The third kappa shape index (κ3) is 5.89. The lowest BCUT2D eigenvalue weighted by molar-refractivity contribution is -0.121. The first kappa shape index (κ1) is 22.9. The van der Waals surface area contributed by atoms with E-state index in [9.17, 15) is 4.79 Å². The fourth-order valence-corrected chi connectivity index (χ4v) is 3.76. The Morgan fingerprint density at radius 3 is 2.45 bits per heavy atom. The maximum Gasteiger partial charge on any atom is 0.221 e. The molecule has 3 rings (SSSR count). The minimum atomic E-state index is -0.00464. The van der Waals surface area contributed by atoms with Crippen molar-refractivity contribution in [3.8, 4) is 11.4 Å². The number of carbonyl (C=O) groups excluding carboxylic acids is 1. The largest absolute Gasteiger partial charge is 0.354 e. The van der Waals surface area contributed by atoms with Crippen LogP contribution in [0.4, 0.5) is 0 Å². The molecule has 31 heavy (non-hydrogen) atoms. The first-order valence-electron chi connectivity index (χ1n) is 10.6. The van der Waals surface area contributed by atoms with Gasteiger partial charge in [-0.1, -0.05) is 61.0 Å². The summed E-state index contributed by atoms with van der Waals surface area (Å²) in [6.45, 7) is 5.22. The highest BCUT2D eigenvalue weighted by Gasteiger charge is 2.16. The van der Waals surface area contributed by atoms with Gasteiger partial charge < -0.3 is 10.2 Å². The Balaban J connectivity index is 1.61. The van der Waals surface area contributed by atoms with Crippen LogP contribution in [0.1, 0.15) is 36.1 Å². The van der Waals surface area contributed by atoms with E-state index in [0.29, 0.717) is 24.3 Å². The Bertz CT molecular complexity index is 1050. The van der Waals surface area contributed by atoms with E-state index >= 15 is 0 Å². The van der Waals surface area contributed by atoms with E-state index in [-0.39, 0.29) is 11.9 Å². The summed E-state index contributed by atoms with van der Waals surface area (Å²) in [5, 5.41) is 10.3. The molecule has 0 saturated carbocycles. The van der Waals surface area contributed by atoms with Crippen molar-refractivity contribution < 1.29 is 4.79 Å². The molecule has 2 aromatic carbocycles. The predicted molar refractivity (Wildman–Crippen MR) is 127 cm³/mol. The van der Waals surface area contributed by atoms with Crippen LogP contribution in [0.5, 0.6) is 0 Å². The molecule has 0 aliphatic rings. The Hall–Kier alpha value is -2.77. The summed E-state index contributed by atoms with van der Waals surface area (Å²) in [6.07, 6.45) is 1.35. The van der Waals surface area contributed by atoms with Crippen molar-refractivity contribution in [3.63, 3.8) is 0 Å². The lowest BCUT2D eigenvalue weighted by Crippen LogP contribution is -2.34. The van der Waals surface area contributed by atoms with Crippen LogP contribution in [0, 0.1) is 11.7 Å². The molecule has 1 amide bonds. The SMILES string of the molecule is CCc1ccc(C(CNC(=O)CCn2c(-c3ccc(C)cc3)n[nH]c2=S)N(C)C)cc1. The zero-order chi connectivity index (χ0) is 22.4. The first-order valence-corrected chi connectivity index (χ1v) is 11.0. The molecular weight excluding hydrogens is 406 g/mol. The van der Waals surface area contributed by atoms with E-state index in [4.69, 9.17) is 12.2 Å². The highest BCUT2D eigenvalue weighted by Crippen LogP contribution is 2.20. The second kappa shape index (κ2) is 10.5. The summed E-state index contributed by atoms with van der Waals surface area (Å²) < 4.78 is 2.40. The predicted octanol–water partition coefficient (Wildman–Crippen LogP) is 4.29. The molecular formula is C24H31N5OS. The summed E-state index contributed by atoms with van der Waals surface area (Å²) in [5.41, 5.74) is 4.66. The molecule has 2 N–H and O–H groups in total. The lowest BCUT2D eigenvalue weighted by Gasteiger charge is -2.25. The van der Waals surface area contributed by atoms with Crippen molar-refractivity contribution in [2.75, 3.05) is 20.6 Å². The molecule has 1 heterocycles. The van der Waals surface area contributed by atoms with Gasteiger partial charge in [-0.3, -0.25) is 14.5 Å². The van der Waals surface area contributed by atoms with Gasteiger partial charge in [0.2, 0.25) is 5.91 Å². The molecule has 0 fully saturated rings. The highest BCUT2D eigenvalue weighted by molar-refractivity contribution is 7.71. The monoisotopic (exact) mass is 437 g/mol. The number of H-pyrrole nitrogens is 1. The molecule has 0 bridgehead atoms. The normalized spacial score (nSPS) is 12.2. The van der Waals surface area contributed by atoms with Crippen molar-refractivity contribution >= 4 is 18.1 Å². The fraction of sp³-hybridized carbons (Fsp3) is 0.375. The van der Waals surface area contributed by atoms with Gasteiger partial charge in [0, 0.05) is 25.1 Å². The maximum atomic E-state index is 12.6. The number of amides is 1. The molecule has 0 aliphatic heterocycles. The van der Waals surface area contributed by atoms with Gasteiger partial charge in [-0.25, -0.2) is 0 Å². The zero-order valence-electron chi connectivity index (χ0n) is 18.7. The van der Waals surface area contributed by atoms with Gasteiger partial charge in [0.15, 0.2) is 10.6 Å². The minimum Gasteiger partial charge on any atom is -0.354 e. The van der Waals surface area contributed by atoms with Crippen LogP contribution < -0.4 is 5.32 Å². The van der Waals surface area contributed by atoms with Crippen molar-refractivity contribution in [2.45, 2.75) is 39.3 Å². The highest BCUT2D eigenvalue weighted by atomic mass is 32.1. The number of rotatable bonds is 9. The van der Waals surface area contributed by atoms with Crippen LogP contribution in [-0.2, 0) is 17.8 Å². The van der Waals surface area contributed by atoms with E-state index in [0.717, 1.165) is 17.8 Å². The molecule has 7 heteroatoms. The smallest absolute Gasteiger partial charge is 0.221 e. The van der Waals surface area contributed by atoms with E-state index in [1.165, 1.54) is 16.7 Å². The van der Waals surface area contributed by atoms with Gasteiger partial charge in [-0.2, -0.15) is 5.10 Å². The number of benzene rings is 2. The number of carbonyl (C=O) groups is 1. The molecule has 0 radical (unpaired) electrons. The average molecular weight is 438 g/mol. The number of hydrogen-bond donors (Lipinski definition) is 2. The average Bonchev–Trinajstić information content (AvgIpc) is 3.13. The van der Waals surface area contributed by atoms with Gasteiger partial charge in [-0.05, 0) is 50.8 Å². The second-order valence-electron chi connectivity index (χ2n) is 8.00.